The van der Waals surface area contributed by atoms with Crippen LogP contribution < -0.4 is 4.74 Å². The van der Waals surface area contributed by atoms with Gasteiger partial charge in [-0.2, -0.15) is 13.2 Å². The molecule has 5 unspecified atom stereocenters. The molecule has 1 aromatic carbocycles. The molecule has 0 aliphatic carbocycles. The lowest BCUT2D eigenvalue weighted by molar-refractivity contribution is -0.278. The number of hydrogen-bond acceptors (Lipinski definition) is 7. The number of nitrogens with one attached hydrogen (secondary N) is 1. The Bertz CT molecular complexity index is 824. The Morgan fingerprint density at radius 3 is 2.34 bits per heavy atom. The smallest absolute Gasteiger partial charge is 0.433 e. The van der Waals surface area contributed by atoms with Crippen LogP contribution in [0.1, 0.15) is 22.4 Å². The zero-order valence-electron chi connectivity index (χ0n) is 15.3. The summed E-state index contributed by atoms with van der Waals surface area (Å²) in [5.41, 5.74) is 0.0897. The molecule has 5 N–H and O–H groups in total. The van der Waals surface area contributed by atoms with Crippen LogP contribution in [0.25, 0.3) is 0 Å². The molecule has 0 radical (unpaired) electrons. The number of ether oxygens (including phenoxy) is 2. The van der Waals surface area contributed by atoms with Gasteiger partial charge in [0.25, 0.3) is 0 Å². The van der Waals surface area contributed by atoms with Crippen molar-refractivity contribution in [1.29, 1.82) is 0 Å². The highest BCUT2D eigenvalue weighted by Crippen LogP contribution is 2.36. The van der Waals surface area contributed by atoms with Gasteiger partial charge in [-0.25, -0.2) is 0 Å². The second kappa shape index (κ2) is 8.28. The number of benzene rings is 1. The first-order valence-electron chi connectivity index (χ1n) is 8.79. The van der Waals surface area contributed by atoms with Gasteiger partial charge in [-0.15, -0.1) is 5.10 Å². The number of aliphatic hydroxyl groups excluding tert-OH is 4. The van der Waals surface area contributed by atoms with Gasteiger partial charge in [-0.3, -0.25) is 5.10 Å². The van der Waals surface area contributed by atoms with E-state index >= 15 is 0 Å². The fraction of sp³-hybridized carbons (Fsp3) is 0.500. The highest BCUT2D eigenvalue weighted by atomic mass is 19.4. The van der Waals surface area contributed by atoms with E-state index in [9.17, 15) is 33.6 Å². The molecule has 160 valence electrons. The summed E-state index contributed by atoms with van der Waals surface area (Å²) in [6.07, 6.45) is -12.9. The highest BCUT2D eigenvalue weighted by Gasteiger charge is 2.46. The van der Waals surface area contributed by atoms with Crippen molar-refractivity contribution in [1.82, 2.24) is 10.2 Å². The Morgan fingerprint density at radius 1 is 1.10 bits per heavy atom. The molecule has 0 bridgehead atoms. The van der Waals surface area contributed by atoms with Crippen molar-refractivity contribution < 1.29 is 43.1 Å². The van der Waals surface area contributed by atoms with Crippen LogP contribution in [0.2, 0.25) is 0 Å². The molecule has 0 saturated carbocycles. The van der Waals surface area contributed by atoms with Crippen LogP contribution in [0.5, 0.6) is 5.88 Å². The summed E-state index contributed by atoms with van der Waals surface area (Å²) < 4.78 is 50.7. The Labute approximate surface area is 163 Å². The van der Waals surface area contributed by atoms with Crippen LogP contribution in [-0.2, 0) is 17.3 Å². The first kappa shape index (κ1) is 21.5. The van der Waals surface area contributed by atoms with Gasteiger partial charge in [0.15, 0.2) is 0 Å². The lowest BCUT2D eigenvalue weighted by Gasteiger charge is -2.39. The second-order valence-electron chi connectivity index (χ2n) is 6.86. The average molecular weight is 418 g/mol. The SMILES string of the molecule is Cc1ccc(Cc2c(OC3OC(CO)C(O)C(O)C3O)n[nH]c2C(F)(F)F)cc1. The molecule has 1 saturated heterocycles. The van der Waals surface area contributed by atoms with Crippen molar-refractivity contribution in [3.63, 3.8) is 0 Å². The summed E-state index contributed by atoms with van der Waals surface area (Å²) in [7, 11) is 0. The summed E-state index contributed by atoms with van der Waals surface area (Å²) in [4.78, 5) is 0. The fourth-order valence-corrected chi connectivity index (χ4v) is 3.03. The van der Waals surface area contributed by atoms with Crippen LogP contribution in [0.4, 0.5) is 13.2 Å². The van der Waals surface area contributed by atoms with E-state index in [0.29, 0.717) is 5.56 Å². The zero-order valence-corrected chi connectivity index (χ0v) is 15.3. The monoisotopic (exact) mass is 418 g/mol. The van der Waals surface area contributed by atoms with Gasteiger partial charge in [-0.05, 0) is 12.5 Å². The van der Waals surface area contributed by atoms with Crippen molar-refractivity contribution in [2.45, 2.75) is 50.2 Å². The molecule has 29 heavy (non-hydrogen) atoms. The minimum Gasteiger partial charge on any atom is -0.443 e. The van der Waals surface area contributed by atoms with E-state index in [1.54, 1.807) is 24.3 Å². The van der Waals surface area contributed by atoms with Crippen LogP contribution in [0.3, 0.4) is 0 Å². The first-order valence-corrected chi connectivity index (χ1v) is 8.79. The molecular weight excluding hydrogens is 397 g/mol. The number of aromatic amines is 1. The Hall–Kier alpha value is -2.18. The van der Waals surface area contributed by atoms with E-state index in [1.807, 2.05) is 12.0 Å². The summed E-state index contributed by atoms with van der Waals surface area (Å²) >= 11 is 0. The first-order chi connectivity index (χ1) is 13.6. The van der Waals surface area contributed by atoms with Gasteiger partial charge < -0.3 is 29.9 Å². The molecule has 1 fully saturated rings. The summed E-state index contributed by atoms with van der Waals surface area (Å²) in [5.74, 6) is -0.470. The van der Waals surface area contributed by atoms with Gasteiger partial charge in [0, 0.05) is 6.42 Å². The molecule has 1 aromatic heterocycles. The molecule has 8 nitrogen and oxygen atoms in total. The van der Waals surface area contributed by atoms with Crippen molar-refractivity contribution in [2.24, 2.45) is 0 Å². The van der Waals surface area contributed by atoms with E-state index < -0.39 is 55.1 Å². The average Bonchev–Trinajstić information content (AvgIpc) is 3.06. The molecule has 1 aliphatic heterocycles. The van der Waals surface area contributed by atoms with Crippen LogP contribution >= 0.6 is 0 Å². The largest absolute Gasteiger partial charge is 0.443 e. The third-order valence-electron chi connectivity index (χ3n) is 4.69. The minimum absolute atomic E-state index is 0.168. The van der Waals surface area contributed by atoms with Crippen LogP contribution in [0, 0.1) is 6.92 Å². The molecular formula is C18H21F3N2O6. The second-order valence-corrected chi connectivity index (χ2v) is 6.86. The minimum atomic E-state index is -4.73. The predicted molar refractivity (Wildman–Crippen MR) is 92.0 cm³/mol. The number of aromatic nitrogens is 2. The standard InChI is InChI=1S/C18H21F3N2O6/c1-8-2-4-9(5-3-8)6-10-15(18(19,20)21)22-23-16(10)29-17-14(27)13(26)12(25)11(7-24)28-17/h2-5,11-14,17,24-27H,6-7H2,1H3,(H,22,23). The Kier molecular flexibility index (Phi) is 6.15. The van der Waals surface area contributed by atoms with Crippen LogP contribution in [-0.4, -0.2) is 67.9 Å². The molecule has 2 aromatic rings. The number of aryl methyl sites for hydroxylation is 1. The fourth-order valence-electron chi connectivity index (χ4n) is 3.03. The lowest BCUT2D eigenvalue weighted by atomic mass is 9.99. The topological polar surface area (TPSA) is 128 Å². The van der Waals surface area contributed by atoms with Gasteiger partial charge in [0.1, 0.15) is 30.1 Å². The Morgan fingerprint density at radius 2 is 1.76 bits per heavy atom. The summed E-state index contributed by atoms with van der Waals surface area (Å²) in [6.45, 7) is 1.14. The van der Waals surface area contributed by atoms with Gasteiger partial charge in [0.2, 0.25) is 12.2 Å². The van der Waals surface area contributed by atoms with E-state index in [2.05, 4.69) is 5.10 Å². The maximum atomic E-state index is 13.4. The maximum absolute atomic E-state index is 13.4. The zero-order chi connectivity index (χ0) is 21.3. The number of halogens is 3. The molecule has 5 atom stereocenters. The van der Waals surface area contributed by atoms with Crippen molar-refractivity contribution in [3.05, 3.63) is 46.6 Å². The normalized spacial score (nSPS) is 27.8. The summed E-state index contributed by atoms with van der Waals surface area (Å²) in [6, 6.07) is 6.84. The summed E-state index contributed by atoms with van der Waals surface area (Å²) in [5, 5.41) is 44.4. The van der Waals surface area contributed by atoms with Crippen molar-refractivity contribution in [3.8, 4) is 5.88 Å². The predicted octanol–water partition coefficient (Wildman–Crippen LogP) is 0.506. The lowest BCUT2D eigenvalue weighted by Crippen LogP contribution is -2.60. The van der Waals surface area contributed by atoms with E-state index in [-0.39, 0.29) is 12.0 Å². The van der Waals surface area contributed by atoms with Gasteiger partial charge in [0.05, 0.1) is 12.2 Å². The third kappa shape index (κ3) is 4.54. The van der Waals surface area contributed by atoms with Gasteiger partial charge in [-0.1, -0.05) is 29.8 Å². The van der Waals surface area contributed by atoms with Gasteiger partial charge >= 0.3 is 6.18 Å². The number of hydrogen-bond donors (Lipinski definition) is 5. The number of rotatable bonds is 5. The van der Waals surface area contributed by atoms with Crippen molar-refractivity contribution >= 4 is 0 Å². The maximum Gasteiger partial charge on any atom is 0.433 e. The van der Waals surface area contributed by atoms with E-state index in [0.717, 1.165) is 5.56 Å². The number of H-pyrrole nitrogens is 1. The molecule has 3 rings (SSSR count). The van der Waals surface area contributed by atoms with Crippen molar-refractivity contribution in [2.75, 3.05) is 6.61 Å². The molecule has 0 amide bonds. The molecule has 1 aliphatic rings. The van der Waals surface area contributed by atoms with E-state index in [4.69, 9.17) is 9.47 Å². The number of nitrogens with zero attached hydrogens (tertiary/aromatic N) is 1. The molecule has 2 heterocycles. The number of aliphatic hydroxyl groups is 4. The number of alkyl halides is 3. The molecule has 11 heteroatoms. The highest BCUT2D eigenvalue weighted by molar-refractivity contribution is 5.38. The Balaban J connectivity index is 1.90. The molecule has 0 spiro atoms. The third-order valence-corrected chi connectivity index (χ3v) is 4.69. The quantitative estimate of drug-likeness (QED) is 0.479. The van der Waals surface area contributed by atoms with Crippen LogP contribution in [0.15, 0.2) is 24.3 Å². The van der Waals surface area contributed by atoms with E-state index in [1.165, 1.54) is 0 Å².